The van der Waals surface area contributed by atoms with Crippen molar-refractivity contribution in [3.05, 3.63) is 46.9 Å². The van der Waals surface area contributed by atoms with Crippen molar-refractivity contribution in [1.82, 2.24) is 4.98 Å². The number of hydrogen-bond acceptors (Lipinski definition) is 1. The van der Waals surface area contributed by atoms with E-state index in [-0.39, 0.29) is 0 Å². The molecule has 0 atom stereocenters. The van der Waals surface area contributed by atoms with Gasteiger partial charge < -0.3 is 0 Å². The zero-order valence-electron chi connectivity index (χ0n) is 9.91. The van der Waals surface area contributed by atoms with Gasteiger partial charge >= 0.3 is 0 Å². The van der Waals surface area contributed by atoms with Crippen molar-refractivity contribution in [1.29, 1.82) is 0 Å². The van der Waals surface area contributed by atoms with E-state index < -0.39 is 0 Å². The normalized spacial score (nSPS) is 12.4. The van der Waals surface area contributed by atoms with Gasteiger partial charge in [0, 0.05) is 23.4 Å². The lowest BCUT2D eigenvalue weighted by Gasteiger charge is -2.01. The molecule has 0 spiro atoms. The Balaban J connectivity index is 2.32. The van der Waals surface area contributed by atoms with E-state index in [2.05, 4.69) is 54.7 Å². The van der Waals surface area contributed by atoms with Crippen LogP contribution in [0.1, 0.15) is 22.5 Å². The maximum absolute atomic E-state index is 4.56. The van der Waals surface area contributed by atoms with Crippen LogP contribution in [0.15, 0.2) is 24.4 Å². The van der Waals surface area contributed by atoms with Crippen molar-refractivity contribution in [2.45, 2.75) is 27.3 Å². The lowest BCUT2D eigenvalue weighted by molar-refractivity contribution is -0.672. The predicted molar refractivity (Wildman–Crippen MR) is 63.2 cm³/mol. The fourth-order valence-corrected chi connectivity index (χ4v) is 2.56. The highest BCUT2D eigenvalue weighted by molar-refractivity contribution is 5.66. The standard InChI is InChI=1S/C14H15N2/c1-9-4-5-16-8-12-7-10(2)15-11(3)14(12)13(16)6-9/h4-7H,8H2,1-3H3/q+1. The molecule has 1 aliphatic rings. The number of rotatable bonds is 0. The van der Waals surface area contributed by atoms with E-state index in [9.17, 15) is 0 Å². The summed E-state index contributed by atoms with van der Waals surface area (Å²) in [5, 5.41) is 0. The molecule has 3 heterocycles. The second-order valence-corrected chi connectivity index (χ2v) is 4.60. The molecule has 0 amide bonds. The minimum atomic E-state index is 0.981. The summed E-state index contributed by atoms with van der Waals surface area (Å²) >= 11 is 0. The maximum atomic E-state index is 4.56. The number of hydrogen-bond donors (Lipinski definition) is 0. The van der Waals surface area contributed by atoms with Gasteiger partial charge in [-0.3, -0.25) is 4.98 Å². The third kappa shape index (κ3) is 1.26. The summed E-state index contributed by atoms with van der Waals surface area (Å²) in [4.78, 5) is 4.56. The van der Waals surface area contributed by atoms with Crippen molar-refractivity contribution < 1.29 is 4.57 Å². The zero-order valence-corrected chi connectivity index (χ0v) is 9.91. The minimum absolute atomic E-state index is 0.981. The third-order valence-electron chi connectivity index (χ3n) is 3.20. The summed E-state index contributed by atoms with van der Waals surface area (Å²) in [5.74, 6) is 0. The molecular weight excluding hydrogens is 196 g/mol. The van der Waals surface area contributed by atoms with Crippen molar-refractivity contribution in [2.24, 2.45) is 0 Å². The Bertz CT molecular complexity index is 586. The molecule has 0 N–H and O–H groups in total. The van der Waals surface area contributed by atoms with Crippen LogP contribution in [0.3, 0.4) is 0 Å². The van der Waals surface area contributed by atoms with Crippen LogP contribution in [0.25, 0.3) is 11.3 Å². The van der Waals surface area contributed by atoms with E-state index in [1.54, 1.807) is 0 Å². The molecule has 0 saturated heterocycles. The van der Waals surface area contributed by atoms with Gasteiger partial charge in [-0.25, -0.2) is 0 Å². The van der Waals surface area contributed by atoms with Crippen molar-refractivity contribution in [3.8, 4) is 11.3 Å². The number of aryl methyl sites for hydroxylation is 3. The number of aromatic nitrogens is 2. The van der Waals surface area contributed by atoms with Crippen LogP contribution in [-0.2, 0) is 6.54 Å². The molecule has 1 aliphatic heterocycles. The Morgan fingerprint density at radius 2 is 2.00 bits per heavy atom. The van der Waals surface area contributed by atoms with E-state index in [0.29, 0.717) is 0 Å². The summed E-state index contributed by atoms with van der Waals surface area (Å²) in [6.45, 7) is 7.28. The van der Waals surface area contributed by atoms with Gasteiger partial charge in [-0.2, -0.15) is 4.57 Å². The molecule has 0 aliphatic carbocycles. The highest BCUT2D eigenvalue weighted by atomic mass is 15.0. The van der Waals surface area contributed by atoms with Gasteiger partial charge in [-0.1, -0.05) is 0 Å². The SMILES string of the molecule is Cc1cc[n+]2c(c1)-c1c(cc(C)nc1C)C2. The summed E-state index contributed by atoms with van der Waals surface area (Å²) in [7, 11) is 0. The average Bonchev–Trinajstić information content (AvgIpc) is 2.54. The monoisotopic (exact) mass is 211 g/mol. The van der Waals surface area contributed by atoms with Crippen LogP contribution >= 0.6 is 0 Å². The quantitative estimate of drug-likeness (QED) is 0.521. The molecule has 2 aromatic heterocycles. The first-order valence-electron chi connectivity index (χ1n) is 5.63. The van der Waals surface area contributed by atoms with Crippen LogP contribution in [0.2, 0.25) is 0 Å². The second kappa shape index (κ2) is 3.14. The molecule has 0 unspecified atom stereocenters. The zero-order chi connectivity index (χ0) is 11.3. The van der Waals surface area contributed by atoms with Crippen LogP contribution in [0, 0.1) is 20.8 Å². The topological polar surface area (TPSA) is 16.8 Å². The first-order chi connectivity index (χ1) is 7.65. The van der Waals surface area contributed by atoms with E-state index >= 15 is 0 Å². The van der Waals surface area contributed by atoms with Crippen LogP contribution in [0.5, 0.6) is 0 Å². The van der Waals surface area contributed by atoms with Crippen LogP contribution < -0.4 is 4.57 Å². The Hall–Kier alpha value is -1.70. The first-order valence-corrected chi connectivity index (χ1v) is 5.63. The Morgan fingerprint density at radius 1 is 1.19 bits per heavy atom. The Labute approximate surface area is 95.6 Å². The van der Waals surface area contributed by atoms with E-state index in [0.717, 1.165) is 17.9 Å². The predicted octanol–water partition coefficient (Wildman–Crippen LogP) is 2.32. The second-order valence-electron chi connectivity index (χ2n) is 4.60. The summed E-state index contributed by atoms with van der Waals surface area (Å²) < 4.78 is 2.30. The third-order valence-corrected chi connectivity index (χ3v) is 3.20. The summed E-state index contributed by atoms with van der Waals surface area (Å²) in [5.41, 5.74) is 7.59. The van der Waals surface area contributed by atoms with Crippen molar-refractivity contribution in [3.63, 3.8) is 0 Å². The average molecular weight is 211 g/mol. The lowest BCUT2D eigenvalue weighted by atomic mass is 10.0. The summed E-state index contributed by atoms with van der Waals surface area (Å²) in [6, 6.07) is 6.60. The number of fused-ring (bicyclic) bond motifs is 3. The van der Waals surface area contributed by atoms with Gasteiger partial charge in [0.05, 0.1) is 11.3 Å². The molecule has 2 heteroatoms. The van der Waals surface area contributed by atoms with E-state index in [4.69, 9.17) is 0 Å². The first kappa shape index (κ1) is 9.52. The van der Waals surface area contributed by atoms with Gasteiger partial charge in [0.15, 0.2) is 12.7 Å². The lowest BCUT2D eigenvalue weighted by Crippen LogP contribution is -2.31. The molecular formula is C14H15N2+. The molecule has 0 saturated carbocycles. The van der Waals surface area contributed by atoms with Crippen LogP contribution in [-0.4, -0.2) is 4.98 Å². The van der Waals surface area contributed by atoms with Crippen molar-refractivity contribution >= 4 is 0 Å². The largest absolute Gasteiger partial charge is 0.258 e. The van der Waals surface area contributed by atoms with Gasteiger partial charge in [-0.05, 0) is 32.4 Å². The fourth-order valence-electron chi connectivity index (χ4n) is 2.56. The molecule has 0 radical (unpaired) electrons. The van der Waals surface area contributed by atoms with Gasteiger partial charge in [0.25, 0.3) is 0 Å². The highest BCUT2D eigenvalue weighted by Crippen LogP contribution is 2.29. The molecule has 3 rings (SSSR count). The van der Waals surface area contributed by atoms with Gasteiger partial charge in [0.1, 0.15) is 0 Å². The molecule has 16 heavy (non-hydrogen) atoms. The van der Waals surface area contributed by atoms with E-state index in [1.807, 2.05) is 0 Å². The molecule has 80 valence electrons. The van der Waals surface area contributed by atoms with Crippen molar-refractivity contribution in [2.75, 3.05) is 0 Å². The maximum Gasteiger partial charge on any atom is 0.215 e. The number of nitrogens with zero attached hydrogens (tertiary/aromatic N) is 2. The summed E-state index contributed by atoms with van der Waals surface area (Å²) in [6.07, 6.45) is 2.17. The molecule has 0 fully saturated rings. The van der Waals surface area contributed by atoms with Crippen LogP contribution in [0.4, 0.5) is 0 Å². The number of pyridine rings is 2. The Kier molecular flexibility index (Phi) is 1.87. The molecule has 0 aromatic carbocycles. The fraction of sp³-hybridized carbons (Fsp3) is 0.286. The minimum Gasteiger partial charge on any atom is -0.258 e. The molecule has 2 nitrogen and oxygen atoms in total. The molecule has 2 aromatic rings. The highest BCUT2D eigenvalue weighted by Gasteiger charge is 2.28. The smallest absolute Gasteiger partial charge is 0.215 e. The van der Waals surface area contributed by atoms with Gasteiger partial charge in [0.2, 0.25) is 5.69 Å². The van der Waals surface area contributed by atoms with Gasteiger partial charge in [-0.15, -0.1) is 0 Å². The molecule has 0 bridgehead atoms. The van der Waals surface area contributed by atoms with E-state index in [1.165, 1.54) is 22.4 Å². The Morgan fingerprint density at radius 3 is 2.81 bits per heavy atom.